The van der Waals surface area contributed by atoms with E-state index in [1.54, 1.807) is 6.92 Å². The van der Waals surface area contributed by atoms with Gasteiger partial charge in [-0.3, -0.25) is 9.59 Å². The molecule has 3 nitrogen and oxygen atoms in total. The fourth-order valence-corrected chi connectivity index (χ4v) is 0.742. The summed E-state index contributed by atoms with van der Waals surface area (Å²) in [5.74, 6) is -0.337. The van der Waals surface area contributed by atoms with Gasteiger partial charge in [0, 0.05) is 13.3 Å². The molecule has 0 aliphatic heterocycles. The van der Waals surface area contributed by atoms with Crippen LogP contribution in [0.25, 0.3) is 0 Å². The number of carbonyl (C=O) groups excluding carboxylic acids is 2. The van der Waals surface area contributed by atoms with Gasteiger partial charge in [-0.2, -0.15) is 0 Å². The third-order valence-electron chi connectivity index (χ3n) is 1.08. The van der Waals surface area contributed by atoms with Crippen molar-refractivity contribution in [3.63, 3.8) is 0 Å². The second kappa shape index (κ2) is 4.66. The average molecular weight is 156 g/mol. The van der Waals surface area contributed by atoms with Gasteiger partial charge in [-0.05, 0) is 12.5 Å². The summed E-state index contributed by atoms with van der Waals surface area (Å²) in [5.41, 5.74) is 0.443. The number of aldehydes is 1. The molecule has 62 valence electrons. The van der Waals surface area contributed by atoms with E-state index in [0.717, 1.165) is 0 Å². The number of esters is 1. The highest BCUT2D eigenvalue weighted by Gasteiger charge is 2.05. The predicted molar refractivity (Wildman–Crippen MR) is 41.0 cm³/mol. The van der Waals surface area contributed by atoms with Crippen LogP contribution in [0.1, 0.15) is 20.3 Å². The van der Waals surface area contributed by atoms with E-state index < -0.39 is 0 Å². The lowest BCUT2D eigenvalue weighted by Gasteiger charge is -2.09. The zero-order valence-electron chi connectivity index (χ0n) is 6.79. The number of hydrogen-bond donors (Lipinski definition) is 0. The first-order valence-corrected chi connectivity index (χ1v) is 3.36. The molecule has 11 heavy (non-hydrogen) atoms. The lowest BCUT2D eigenvalue weighted by molar-refractivity contribution is -0.145. The van der Waals surface area contributed by atoms with Crippen molar-refractivity contribution in [1.82, 2.24) is 0 Å². The minimum Gasteiger partial charge on any atom is -0.463 e. The molecule has 0 rings (SSSR count). The Labute approximate surface area is 66.0 Å². The largest absolute Gasteiger partial charge is 0.463 e. The third-order valence-corrected chi connectivity index (χ3v) is 1.08. The molecule has 0 aromatic rings. The standard InChI is InChI=1S/C8H12O3/c1-6(5-9)4-7(2)11-8(3)10/h5,7H,1,4H2,2-3H3. The third kappa shape index (κ3) is 5.33. The van der Waals surface area contributed by atoms with Gasteiger partial charge in [0.05, 0.1) is 0 Å². The maximum absolute atomic E-state index is 10.4. The number of hydrogen-bond acceptors (Lipinski definition) is 3. The molecule has 1 atom stereocenters. The van der Waals surface area contributed by atoms with Crippen LogP contribution < -0.4 is 0 Å². The Morgan fingerprint density at radius 1 is 1.73 bits per heavy atom. The summed E-state index contributed by atoms with van der Waals surface area (Å²) in [6.45, 7) is 6.51. The van der Waals surface area contributed by atoms with E-state index in [9.17, 15) is 9.59 Å². The van der Waals surface area contributed by atoms with Gasteiger partial charge in [0.15, 0.2) is 0 Å². The van der Waals surface area contributed by atoms with E-state index in [2.05, 4.69) is 6.58 Å². The summed E-state index contributed by atoms with van der Waals surface area (Å²) in [5, 5.41) is 0. The number of rotatable bonds is 4. The molecule has 0 heterocycles. The van der Waals surface area contributed by atoms with Crippen molar-refractivity contribution in [3.05, 3.63) is 12.2 Å². The SMILES string of the molecule is C=C(C=O)CC(C)OC(C)=O. The Hall–Kier alpha value is -1.12. The quantitative estimate of drug-likeness (QED) is 0.347. The van der Waals surface area contributed by atoms with Gasteiger partial charge >= 0.3 is 5.97 Å². The Morgan fingerprint density at radius 2 is 2.27 bits per heavy atom. The molecule has 0 spiro atoms. The van der Waals surface area contributed by atoms with E-state index in [1.165, 1.54) is 6.92 Å². The monoisotopic (exact) mass is 156 g/mol. The highest BCUT2D eigenvalue weighted by Crippen LogP contribution is 2.03. The maximum Gasteiger partial charge on any atom is 0.302 e. The molecule has 0 amide bonds. The minimum atomic E-state index is -0.337. The Balaban J connectivity index is 3.68. The fraction of sp³-hybridized carbons (Fsp3) is 0.500. The topological polar surface area (TPSA) is 43.4 Å². The number of ether oxygens (including phenoxy) is 1. The fourth-order valence-electron chi connectivity index (χ4n) is 0.742. The molecular weight excluding hydrogens is 144 g/mol. The van der Waals surface area contributed by atoms with Crippen LogP contribution in [0.2, 0.25) is 0 Å². The van der Waals surface area contributed by atoms with Crippen molar-refractivity contribution in [1.29, 1.82) is 0 Å². The first-order chi connectivity index (χ1) is 5.06. The molecule has 0 bridgehead atoms. The van der Waals surface area contributed by atoms with Gasteiger partial charge in [-0.25, -0.2) is 0 Å². The second-order valence-electron chi connectivity index (χ2n) is 2.40. The van der Waals surface area contributed by atoms with Crippen LogP contribution in [-0.4, -0.2) is 18.4 Å². The molecule has 3 heteroatoms. The molecule has 0 aliphatic carbocycles. The van der Waals surface area contributed by atoms with Crippen molar-refractivity contribution >= 4 is 12.3 Å². The molecular formula is C8H12O3. The molecule has 0 N–H and O–H groups in total. The van der Waals surface area contributed by atoms with E-state index in [-0.39, 0.29) is 12.1 Å². The van der Waals surface area contributed by atoms with Crippen LogP contribution in [0.15, 0.2) is 12.2 Å². The predicted octanol–water partition coefficient (Wildman–Crippen LogP) is 1.08. The highest BCUT2D eigenvalue weighted by atomic mass is 16.5. The molecule has 0 radical (unpaired) electrons. The van der Waals surface area contributed by atoms with E-state index in [4.69, 9.17) is 4.74 Å². The van der Waals surface area contributed by atoms with Crippen LogP contribution in [0.4, 0.5) is 0 Å². The first-order valence-electron chi connectivity index (χ1n) is 3.36. The Bertz CT molecular complexity index is 172. The zero-order chi connectivity index (χ0) is 8.85. The van der Waals surface area contributed by atoms with Crippen LogP contribution in [0.3, 0.4) is 0 Å². The summed E-state index contributed by atoms with van der Waals surface area (Å²) < 4.78 is 4.76. The molecule has 0 aliphatic rings. The smallest absolute Gasteiger partial charge is 0.302 e. The molecule has 1 unspecified atom stereocenters. The van der Waals surface area contributed by atoms with Gasteiger partial charge in [-0.1, -0.05) is 6.58 Å². The molecule has 0 fully saturated rings. The highest BCUT2D eigenvalue weighted by molar-refractivity contribution is 5.72. The number of carbonyl (C=O) groups is 2. The Morgan fingerprint density at radius 3 is 2.64 bits per heavy atom. The maximum atomic E-state index is 10.4. The average Bonchev–Trinajstić information content (AvgIpc) is 1.85. The van der Waals surface area contributed by atoms with Crippen molar-refractivity contribution in [2.45, 2.75) is 26.4 Å². The van der Waals surface area contributed by atoms with Crippen molar-refractivity contribution in [3.8, 4) is 0 Å². The van der Waals surface area contributed by atoms with Crippen LogP contribution in [-0.2, 0) is 14.3 Å². The Kier molecular flexibility index (Phi) is 4.18. The summed E-state index contributed by atoms with van der Waals surface area (Å²) >= 11 is 0. The summed E-state index contributed by atoms with van der Waals surface area (Å²) in [7, 11) is 0. The lowest BCUT2D eigenvalue weighted by atomic mass is 10.2. The van der Waals surface area contributed by atoms with Gasteiger partial charge in [0.1, 0.15) is 12.4 Å². The van der Waals surface area contributed by atoms with Gasteiger partial charge < -0.3 is 4.74 Å². The summed E-state index contributed by atoms with van der Waals surface area (Å²) in [6.07, 6.45) is 0.813. The van der Waals surface area contributed by atoms with Gasteiger partial charge in [0.25, 0.3) is 0 Å². The van der Waals surface area contributed by atoms with Crippen molar-refractivity contribution < 1.29 is 14.3 Å². The van der Waals surface area contributed by atoms with Crippen LogP contribution >= 0.6 is 0 Å². The van der Waals surface area contributed by atoms with Crippen LogP contribution in [0.5, 0.6) is 0 Å². The second-order valence-corrected chi connectivity index (χ2v) is 2.40. The van der Waals surface area contributed by atoms with Gasteiger partial charge in [-0.15, -0.1) is 0 Å². The normalized spacial score (nSPS) is 11.8. The van der Waals surface area contributed by atoms with E-state index in [0.29, 0.717) is 18.3 Å². The minimum absolute atomic E-state index is 0.259. The summed E-state index contributed by atoms with van der Waals surface area (Å²) in [6, 6.07) is 0. The molecule has 0 aromatic heterocycles. The summed E-state index contributed by atoms with van der Waals surface area (Å²) in [4.78, 5) is 20.5. The molecule has 0 aromatic carbocycles. The molecule has 0 saturated carbocycles. The first kappa shape index (κ1) is 9.88. The van der Waals surface area contributed by atoms with Crippen molar-refractivity contribution in [2.75, 3.05) is 0 Å². The molecule has 0 saturated heterocycles. The van der Waals surface area contributed by atoms with E-state index in [1.807, 2.05) is 0 Å². The zero-order valence-corrected chi connectivity index (χ0v) is 6.79. The van der Waals surface area contributed by atoms with E-state index >= 15 is 0 Å². The van der Waals surface area contributed by atoms with Gasteiger partial charge in [0.2, 0.25) is 0 Å². The van der Waals surface area contributed by atoms with Crippen molar-refractivity contribution in [2.24, 2.45) is 0 Å². The van der Waals surface area contributed by atoms with Crippen LogP contribution in [0, 0.1) is 0 Å². The lowest BCUT2D eigenvalue weighted by Crippen LogP contribution is -2.12.